The number of hydrogen-bond donors (Lipinski definition) is 1. The minimum Gasteiger partial charge on any atom is -0.398 e. The number of carbonyl (C=O) groups is 1. The van der Waals surface area contributed by atoms with Crippen LogP contribution in [0.5, 0.6) is 0 Å². The molecule has 0 atom stereocenters. The van der Waals surface area contributed by atoms with E-state index in [9.17, 15) is 4.79 Å². The average molecular weight is 252 g/mol. The summed E-state index contributed by atoms with van der Waals surface area (Å²) >= 11 is 1.56. The van der Waals surface area contributed by atoms with E-state index in [4.69, 9.17) is 5.73 Å². The van der Waals surface area contributed by atoms with Gasteiger partial charge in [0.1, 0.15) is 0 Å². The summed E-state index contributed by atoms with van der Waals surface area (Å²) in [5, 5.41) is 0. The lowest BCUT2D eigenvalue weighted by atomic mass is 10.1. The lowest BCUT2D eigenvalue weighted by Crippen LogP contribution is -2.32. The number of anilines is 1. The fourth-order valence-corrected chi connectivity index (χ4v) is 2.09. The summed E-state index contributed by atoms with van der Waals surface area (Å²) in [6, 6.07) is 7.71. The van der Waals surface area contributed by atoms with Gasteiger partial charge >= 0.3 is 0 Å². The topological polar surface area (TPSA) is 46.3 Å². The van der Waals surface area contributed by atoms with Crippen molar-refractivity contribution in [2.75, 3.05) is 24.3 Å². The molecule has 4 heteroatoms. The highest BCUT2D eigenvalue weighted by atomic mass is 32.2. The van der Waals surface area contributed by atoms with E-state index in [0.717, 1.165) is 24.2 Å². The molecular weight excluding hydrogens is 232 g/mol. The van der Waals surface area contributed by atoms with E-state index >= 15 is 0 Å². The Kier molecular flexibility index (Phi) is 5.91. The average Bonchev–Trinajstić information content (AvgIpc) is 2.31. The Labute approximate surface area is 107 Å². The molecule has 2 N–H and O–H groups in total. The number of hydrogen-bond acceptors (Lipinski definition) is 3. The first-order valence-electron chi connectivity index (χ1n) is 5.79. The van der Waals surface area contributed by atoms with E-state index in [1.165, 1.54) is 0 Å². The van der Waals surface area contributed by atoms with Gasteiger partial charge in [-0.25, -0.2) is 0 Å². The Morgan fingerprint density at radius 3 is 2.71 bits per heavy atom. The second kappa shape index (κ2) is 7.22. The van der Waals surface area contributed by atoms with Crippen LogP contribution in [-0.4, -0.2) is 29.4 Å². The Morgan fingerprint density at radius 2 is 2.12 bits per heavy atom. The van der Waals surface area contributed by atoms with Crippen LogP contribution in [0.3, 0.4) is 0 Å². The first kappa shape index (κ1) is 13.9. The number of nitrogens with two attached hydrogens (primary N) is 1. The predicted molar refractivity (Wildman–Crippen MR) is 74.9 cm³/mol. The Morgan fingerprint density at radius 1 is 1.41 bits per heavy atom. The number of amides is 1. The van der Waals surface area contributed by atoms with Crippen molar-refractivity contribution in [1.82, 2.24) is 4.90 Å². The number of carbonyl (C=O) groups excluding carboxylic acids is 1. The maximum Gasteiger partial charge on any atom is 0.232 e. The summed E-state index contributed by atoms with van der Waals surface area (Å²) in [5.74, 6) is 0.717. The van der Waals surface area contributed by atoms with Crippen LogP contribution in [-0.2, 0) is 11.3 Å². The highest BCUT2D eigenvalue weighted by Gasteiger charge is 2.13. The summed E-state index contributed by atoms with van der Waals surface area (Å²) in [4.78, 5) is 13.8. The second-order valence-electron chi connectivity index (χ2n) is 3.95. The lowest BCUT2D eigenvalue weighted by Gasteiger charge is -2.22. The van der Waals surface area contributed by atoms with E-state index in [1.54, 1.807) is 11.8 Å². The molecule has 0 aliphatic heterocycles. The first-order valence-corrected chi connectivity index (χ1v) is 7.18. The normalized spacial score (nSPS) is 10.2. The number of para-hydroxylation sites is 1. The van der Waals surface area contributed by atoms with Gasteiger partial charge in [0.05, 0.1) is 5.75 Å². The molecule has 0 fully saturated rings. The van der Waals surface area contributed by atoms with Crippen LogP contribution >= 0.6 is 11.8 Å². The maximum absolute atomic E-state index is 11.9. The van der Waals surface area contributed by atoms with Crippen molar-refractivity contribution in [1.29, 1.82) is 0 Å². The molecule has 1 aromatic rings. The van der Waals surface area contributed by atoms with Crippen molar-refractivity contribution in [2.45, 2.75) is 19.9 Å². The lowest BCUT2D eigenvalue weighted by molar-refractivity contribution is -0.129. The molecule has 17 heavy (non-hydrogen) atoms. The Bertz CT molecular complexity index is 368. The monoisotopic (exact) mass is 252 g/mol. The largest absolute Gasteiger partial charge is 0.398 e. The standard InChI is InChI=1S/C13H20N2OS/c1-3-8-15(13(16)10-17-2)9-11-6-4-5-7-12(11)14/h4-7H,3,8-10,14H2,1-2H3. The van der Waals surface area contributed by atoms with E-state index in [-0.39, 0.29) is 5.91 Å². The molecule has 0 spiro atoms. The van der Waals surface area contributed by atoms with Gasteiger partial charge in [-0.15, -0.1) is 0 Å². The second-order valence-corrected chi connectivity index (χ2v) is 4.81. The molecule has 0 heterocycles. The third-order valence-electron chi connectivity index (χ3n) is 2.53. The van der Waals surface area contributed by atoms with Crippen LogP contribution in [0.25, 0.3) is 0 Å². The zero-order valence-electron chi connectivity index (χ0n) is 10.5. The quantitative estimate of drug-likeness (QED) is 0.791. The van der Waals surface area contributed by atoms with E-state index in [0.29, 0.717) is 12.3 Å². The van der Waals surface area contributed by atoms with Crippen molar-refractivity contribution < 1.29 is 4.79 Å². The molecule has 0 saturated carbocycles. The minimum atomic E-state index is 0.183. The van der Waals surface area contributed by atoms with Gasteiger partial charge in [-0.1, -0.05) is 25.1 Å². The van der Waals surface area contributed by atoms with Crippen molar-refractivity contribution in [3.8, 4) is 0 Å². The Balaban J connectivity index is 2.73. The van der Waals surface area contributed by atoms with Crippen molar-refractivity contribution in [2.24, 2.45) is 0 Å². The fourth-order valence-electron chi connectivity index (χ4n) is 1.66. The third-order valence-corrected chi connectivity index (χ3v) is 3.07. The van der Waals surface area contributed by atoms with Crippen molar-refractivity contribution in [3.63, 3.8) is 0 Å². The van der Waals surface area contributed by atoms with Crippen LogP contribution in [0.2, 0.25) is 0 Å². The van der Waals surface area contributed by atoms with Gasteiger partial charge in [-0.05, 0) is 24.3 Å². The molecule has 0 radical (unpaired) electrons. The summed E-state index contributed by atoms with van der Waals surface area (Å²) in [6.45, 7) is 3.47. The zero-order chi connectivity index (χ0) is 12.7. The number of nitrogen functional groups attached to an aromatic ring is 1. The molecule has 0 aromatic heterocycles. The molecule has 0 bridgehead atoms. The van der Waals surface area contributed by atoms with Crippen LogP contribution in [0.4, 0.5) is 5.69 Å². The van der Waals surface area contributed by atoms with Gasteiger partial charge in [0.15, 0.2) is 0 Å². The fraction of sp³-hybridized carbons (Fsp3) is 0.462. The van der Waals surface area contributed by atoms with Gasteiger partial charge in [0.2, 0.25) is 5.91 Å². The molecule has 94 valence electrons. The molecule has 0 unspecified atom stereocenters. The van der Waals surface area contributed by atoms with Gasteiger partial charge in [0.25, 0.3) is 0 Å². The van der Waals surface area contributed by atoms with Gasteiger partial charge in [-0.3, -0.25) is 4.79 Å². The molecule has 0 saturated heterocycles. The molecule has 3 nitrogen and oxygen atoms in total. The summed E-state index contributed by atoms with van der Waals surface area (Å²) in [5.41, 5.74) is 7.67. The zero-order valence-corrected chi connectivity index (χ0v) is 11.3. The summed E-state index contributed by atoms with van der Waals surface area (Å²) in [6.07, 6.45) is 2.91. The highest BCUT2D eigenvalue weighted by Crippen LogP contribution is 2.14. The van der Waals surface area contributed by atoms with E-state index in [2.05, 4.69) is 6.92 Å². The maximum atomic E-state index is 11.9. The van der Waals surface area contributed by atoms with Gasteiger partial charge in [-0.2, -0.15) is 11.8 Å². The summed E-state index contributed by atoms with van der Waals surface area (Å²) in [7, 11) is 0. The van der Waals surface area contributed by atoms with Crippen molar-refractivity contribution >= 4 is 23.4 Å². The van der Waals surface area contributed by atoms with Crippen LogP contribution < -0.4 is 5.73 Å². The molecule has 1 rings (SSSR count). The number of rotatable bonds is 6. The van der Waals surface area contributed by atoms with Gasteiger partial charge < -0.3 is 10.6 Å². The predicted octanol–water partition coefficient (Wildman–Crippen LogP) is 2.37. The smallest absolute Gasteiger partial charge is 0.232 e. The number of thioether (sulfide) groups is 1. The van der Waals surface area contributed by atoms with Crippen molar-refractivity contribution in [3.05, 3.63) is 29.8 Å². The molecule has 0 aliphatic rings. The van der Waals surface area contributed by atoms with Gasteiger partial charge in [0, 0.05) is 18.8 Å². The molecular formula is C13H20N2OS. The van der Waals surface area contributed by atoms with Crippen LogP contribution in [0, 0.1) is 0 Å². The number of benzene rings is 1. The van der Waals surface area contributed by atoms with E-state index in [1.807, 2.05) is 35.4 Å². The van der Waals surface area contributed by atoms with E-state index < -0.39 is 0 Å². The van der Waals surface area contributed by atoms with Crippen LogP contribution in [0.1, 0.15) is 18.9 Å². The molecule has 1 amide bonds. The highest BCUT2D eigenvalue weighted by molar-refractivity contribution is 7.99. The number of nitrogens with zero attached hydrogens (tertiary/aromatic N) is 1. The molecule has 0 aliphatic carbocycles. The minimum absolute atomic E-state index is 0.183. The van der Waals surface area contributed by atoms with Crippen LogP contribution in [0.15, 0.2) is 24.3 Å². The SMILES string of the molecule is CCCN(Cc1ccccc1N)C(=O)CSC. The Hall–Kier alpha value is -1.16. The summed E-state index contributed by atoms with van der Waals surface area (Å²) < 4.78 is 0. The third kappa shape index (κ3) is 4.30. The first-order chi connectivity index (χ1) is 8.19. The molecule has 1 aromatic carbocycles.